The Morgan fingerprint density at radius 3 is 1.95 bits per heavy atom. The topological polar surface area (TPSA) is 54.0 Å². The maximum Gasteiger partial charge on any atom is 0.330 e. The third-order valence-corrected chi connectivity index (χ3v) is 4.99. The van der Waals surface area contributed by atoms with E-state index in [2.05, 4.69) is 45.9 Å². The van der Waals surface area contributed by atoms with Crippen molar-refractivity contribution in [3.63, 3.8) is 0 Å². The van der Waals surface area contributed by atoms with Gasteiger partial charge in [-0.1, -0.05) is 6.58 Å². The molecule has 0 bridgehead atoms. The van der Waals surface area contributed by atoms with E-state index in [0.717, 1.165) is 12.8 Å². The summed E-state index contributed by atoms with van der Waals surface area (Å²) in [6.07, 6.45) is 3.38. The highest BCUT2D eigenvalue weighted by atomic mass is 28.4. The largest absolute Gasteiger partial charge is 0.463 e. The third-order valence-electron chi connectivity index (χ3n) is 2.52. The molecule has 0 unspecified atom stereocenters. The minimum Gasteiger partial charge on any atom is -0.463 e. The average molecular weight is 365 g/mol. The molecule has 0 saturated carbocycles. The maximum absolute atomic E-state index is 11.0. The van der Waals surface area contributed by atoms with Crippen LogP contribution in [0, 0.1) is 0 Å². The SMILES string of the molecule is C=CC(=O)OCCCCC(O[SiH3])(O[Si](C)(C)C)O[Si](C)(C)C. The van der Waals surface area contributed by atoms with Crippen LogP contribution in [0.5, 0.6) is 0 Å². The molecule has 0 N–H and O–H groups in total. The lowest BCUT2D eigenvalue weighted by Gasteiger charge is -2.42. The molecule has 0 aliphatic rings. The van der Waals surface area contributed by atoms with E-state index in [-0.39, 0.29) is 5.97 Å². The van der Waals surface area contributed by atoms with Crippen LogP contribution in [-0.2, 0) is 22.8 Å². The number of hydrogen-bond acceptors (Lipinski definition) is 5. The van der Waals surface area contributed by atoms with Crippen LogP contribution in [0.2, 0.25) is 39.3 Å². The molecule has 130 valence electrons. The molecular weight excluding hydrogens is 332 g/mol. The Morgan fingerprint density at radius 1 is 1.09 bits per heavy atom. The number of carbonyl (C=O) groups excluding carboxylic acids is 1. The van der Waals surface area contributed by atoms with Gasteiger partial charge in [0.05, 0.1) is 6.61 Å². The number of esters is 1. The Bertz CT molecular complexity index is 344. The molecule has 0 amide bonds. The van der Waals surface area contributed by atoms with Gasteiger partial charge in [0.1, 0.15) is 0 Å². The third kappa shape index (κ3) is 10.5. The Labute approximate surface area is 140 Å². The van der Waals surface area contributed by atoms with E-state index >= 15 is 0 Å². The summed E-state index contributed by atoms with van der Waals surface area (Å²) in [6, 6.07) is 0. The molecule has 0 rings (SSSR count). The summed E-state index contributed by atoms with van der Waals surface area (Å²) >= 11 is 0. The van der Waals surface area contributed by atoms with Crippen molar-refractivity contribution in [1.29, 1.82) is 0 Å². The monoisotopic (exact) mass is 364 g/mol. The number of rotatable bonds is 11. The van der Waals surface area contributed by atoms with Gasteiger partial charge in [-0.25, -0.2) is 4.79 Å². The average Bonchev–Trinajstić information content (AvgIpc) is 2.33. The van der Waals surface area contributed by atoms with Crippen LogP contribution < -0.4 is 0 Å². The van der Waals surface area contributed by atoms with Crippen molar-refractivity contribution < 1.29 is 22.8 Å². The van der Waals surface area contributed by atoms with E-state index in [1.807, 2.05) is 0 Å². The Balaban J connectivity index is 4.64. The van der Waals surface area contributed by atoms with Gasteiger partial charge >= 0.3 is 5.97 Å². The fourth-order valence-corrected chi connectivity index (χ4v) is 5.02. The predicted octanol–water partition coefficient (Wildman–Crippen LogP) is 2.54. The maximum atomic E-state index is 11.0. The fourth-order valence-electron chi connectivity index (χ4n) is 1.92. The zero-order valence-corrected chi connectivity index (χ0v) is 19.2. The first-order valence-corrected chi connectivity index (χ1v) is 15.3. The van der Waals surface area contributed by atoms with Crippen LogP contribution in [-0.4, -0.2) is 45.7 Å². The van der Waals surface area contributed by atoms with Gasteiger partial charge in [-0.2, -0.15) is 0 Å². The van der Waals surface area contributed by atoms with Crippen molar-refractivity contribution in [2.45, 2.75) is 64.5 Å². The van der Waals surface area contributed by atoms with E-state index < -0.39 is 22.6 Å². The van der Waals surface area contributed by atoms with Crippen molar-refractivity contribution in [2.24, 2.45) is 0 Å². The van der Waals surface area contributed by atoms with Crippen LogP contribution in [0.25, 0.3) is 0 Å². The van der Waals surface area contributed by atoms with E-state index in [1.54, 1.807) is 0 Å². The smallest absolute Gasteiger partial charge is 0.330 e. The van der Waals surface area contributed by atoms with Crippen molar-refractivity contribution in [2.75, 3.05) is 6.61 Å². The summed E-state index contributed by atoms with van der Waals surface area (Å²) in [4.78, 5) is 11.0. The molecule has 0 aromatic carbocycles. The lowest BCUT2D eigenvalue weighted by molar-refractivity contribution is -0.267. The number of unbranched alkanes of at least 4 members (excludes halogenated alkanes) is 1. The van der Waals surface area contributed by atoms with Gasteiger partial charge in [-0.15, -0.1) is 0 Å². The molecule has 8 heteroatoms. The van der Waals surface area contributed by atoms with Gasteiger partial charge in [0.25, 0.3) is 5.97 Å². The van der Waals surface area contributed by atoms with Crippen molar-refractivity contribution in [1.82, 2.24) is 0 Å². The van der Waals surface area contributed by atoms with E-state index in [0.29, 0.717) is 23.5 Å². The summed E-state index contributed by atoms with van der Waals surface area (Å²) in [5.74, 6) is -1.31. The molecule has 0 aliphatic carbocycles. The quantitative estimate of drug-likeness (QED) is 0.185. The van der Waals surface area contributed by atoms with Crippen molar-refractivity contribution in [3.05, 3.63) is 12.7 Å². The Kier molecular flexibility index (Phi) is 9.03. The molecule has 0 saturated heterocycles. The predicted molar refractivity (Wildman–Crippen MR) is 97.6 cm³/mol. The zero-order chi connectivity index (χ0) is 17.4. The number of hydrogen-bond donors (Lipinski definition) is 0. The molecule has 0 aromatic heterocycles. The summed E-state index contributed by atoms with van der Waals surface area (Å²) in [5, 5.41) is 0. The molecule has 0 aromatic rings. The van der Waals surface area contributed by atoms with E-state index in [9.17, 15) is 4.79 Å². The van der Waals surface area contributed by atoms with Gasteiger partial charge in [0.2, 0.25) is 0 Å². The highest BCUT2D eigenvalue weighted by molar-refractivity contribution is 6.71. The second-order valence-corrected chi connectivity index (χ2v) is 16.4. The summed E-state index contributed by atoms with van der Waals surface area (Å²) in [5.41, 5.74) is 0. The van der Waals surface area contributed by atoms with Crippen molar-refractivity contribution in [3.8, 4) is 0 Å². The van der Waals surface area contributed by atoms with Crippen LogP contribution in [0.15, 0.2) is 12.7 Å². The number of carbonyl (C=O) groups is 1. The van der Waals surface area contributed by atoms with Crippen molar-refractivity contribution >= 4 is 33.1 Å². The molecule has 0 fully saturated rings. The van der Waals surface area contributed by atoms with Gasteiger partial charge < -0.3 is 18.0 Å². The van der Waals surface area contributed by atoms with Crippen LogP contribution >= 0.6 is 0 Å². The fraction of sp³-hybridized carbons (Fsp3) is 0.786. The first-order chi connectivity index (χ1) is 9.93. The first kappa shape index (κ1) is 21.7. The van der Waals surface area contributed by atoms with Gasteiger partial charge in [0.15, 0.2) is 27.1 Å². The minimum atomic E-state index is -1.81. The van der Waals surface area contributed by atoms with E-state index in [1.165, 1.54) is 6.08 Å². The standard InChI is InChI=1S/C14H32O5Si3/c1-8-13(15)16-12-10-9-11-14(17-20,18-21(2,3)4)19-22(5,6)7/h8H,1,9-12H2,2-7,20H3. The van der Waals surface area contributed by atoms with E-state index in [4.69, 9.17) is 18.0 Å². The first-order valence-electron chi connectivity index (χ1n) is 7.68. The van der Waals surface area contributed by atoms with Gasteiger partial charge in [-0.05, 0) is 52.1 Å². The number of ether oxygens (including phenoxy) is 1. The molecule has 22 heavy (non-hydrogen) atoms. The molecular formula is C14H32O5Si3. The molecule has 0 aliphatic heterocycles. The highest BCUT2D eigenvalue weighted by Gasteiger charge is 2.40. The summed E-state index contributed by atoms with van der Waals surface area (Å²) < 4.78 is 23.2. The van der Waals surface area contributed by atoms with Gasteiger partial charge in [0, 0.05) is 12.5 Å². The molecule has 0 atom stereocenters. The highest BCUT2D eigenvalue weighted by Crippen LogP contribution is 2.29. The zero-order valence-electron chi connectivity index (χ0n) is 15.2. The summed E-state index contributed by atoms with van der Waals surface area (Å²) in [6.45, 7) is 16.5. The molecule has 0 spiro atoms. The minimum absolute atomic E-state index is 0.377. The molecule has 0 radical (unpaired) electrons. The Hall–Kier alpha value is -0.259. The molecule has 0 heterocycles. The van der Waals surface area contributed by atoms with Crippen LogP contribution in [0.4, 0.5) is 0 Å². The summed E-state index contributed by atoms with van der Waals surface area (Å²) in [7, 11) is -3.07. The van der Waals surface area contributed by atoms with Crippen LogP contribution in [0.1, 0.15) is 19.3 Å². The Morgan fingerprint density at radius 2 is 1.59 bits per heavy atom. The lowest BCUT2D eigenvalue weighted by atomic mass is 10.2. The second-order valence-electron chi connectivity index (χ2n) is 7.14. The van der Waals surface area contributed by atoms with Crippen LogP contribution in [0.3, 0.4) is 0 Å². The van der Waals surface area contributed by atoms with Gasteiger partial charge in [-0.3, -0.25) is 0 Å². The molecule has 5 nitrogen and oxygen atoms in total. The normalized spacial score (nSPS) is 13.2. The second kappa shape index (κ2) is 9.14. The lowest BCUT2D eigenvalue weighted by Crippen LogP contribution is -2.51.